The van der Waals surface area contributed by atoms with Crippen LogP contribution in [0.2, 0.25) is 0 Å². The predicted molar refractivity (Wildman–Crippen MR) is 87.5 cm³/mol. The Morgan fingerprint density at radius 3 is 2.59 bits per heavy atom. The minimum Gasteiger partial charge on any atom is -0.383 e. The van der Waals surface area contributed by atoms with E-state index in [4.69, 9.17) is 10.5 Å². The summed E-state index contributed by atoms with van der Waals surface area (Å²) < 4.78 is 5.13. The zero-order chi connectivity index (χ0) is 15.4. The number of anilines is 1. The second-order valence-electron chi connectivity index (χ2n) is 5.65. The Kier molecular flexibility index (Phi) is 4.82. The Balaban J connectivity index is 1.62. The third kappa shape index (κ3) is 3.52. The van der Waals surface area contributed by atoms with Crippen LogP contribution >= 0.6 is 0 Å². The molecule has 0 spiro atoms. The van der Waals surface area contributed by atoms with Crippen LogP contribution in [0.5, 0.6) is 0 Å². The number of benzene rings is 1. The number of nitrogens with two attached hydrogens (primary N) is 1. The van der Waals surface area contributed by atoms with E-state index in [0.29, 0.717) is 5.82 Å². The second-order valence-corrected chi connectivity index (χ2v) is 5.65. The summed E-state index contributed by atoms with van der Waals surface area (Å²) in [7, 11) is 1.75. The maximum absolute atomic E-state index is 6.05. The van der Waals surface area contributed by atoms with E-state index in [1.54, 1.807) is 7.11 Å². The molecule has 0 aliphatic carbocycles. The molecule has 0 radical (unpaired) electrons. The van der Waals surface area contributed by atoms with E-state index >= 15 is 0 Å². The van der Waals surface area contributed by atoms with Crippen molar-refractivity contribution in [3.8, 4) is 0 Å². The first kappa shape index (κ1) is 15.1. The van der Waals surface area contributed by atoms with Crippen LogP contribution in [0.15, 0.2) is 24.3 Å². The van der Waals surface area contributed by atoms with Gasteiger partial charge in [0.15, 0.2) is 0 Å². The van der Waals surface area contributed by atoms with E-state index in [-0.39, 0.29) is 0 Å². The number of nitrogens with zero attached hydrogens (tertiary/aromatic N) is 4. The highest BCUT2D eigenvalue weighted by molar-refractivity contribution is 5.87. The minimum atomic E-state index is 0.569. The van der Waals surface area contributed by atoms with Crippen molar-refractivity contribution in [2.24, 2.45) is 0 Å². The van der Waals surface area contributed by atoms with Gasteiger partial charge in [0.1, 0.15) is 11.6 Å². The molecule has 6 heteroatoms. The molecule has 6 nitrogen and oxygen atoms in total. The Morgan fingerprint density at radius 2 is 1.82 bits per heavy atom. The van der Waals surface area contributed by atoms with Gasteiger partial charge in [-0.1, -0.05) is 12.1 Å². The number of piperazine rings is 1. The zero-order valence-corrected chi connectivity index (χ0v) is 13.0. The molecule has 22 heavy (non-hydrogen) atoms. The van der Waals surface area contributed by atoms with Crippen molar-refractivity contribution in [2.45, 2.75) is 6.54 Å². The lowest BCUT2D eigenvalue weighted by Gasteiger charge is -2.34. The SMILES string of the molecule is COCCN1CCN(Cc2nc(N)c3ccccc3n2)CC1. The van der Waals surface area contributed by atoms with Gasteiger partial charge in [-0.25, -0.2) is 9.97 Å². The van der Waals surface area contributed by atoms with Crippen LogP contribution in [0.4, 0.5) is 5.82 Å². The van der Waals surface area contributed by atoms with Gasteiger partial charge in [-0.2, -0.15) is 0 Å². The van der Waals surface area contributed by atoms with Crippen LogP contribution in [-0.4, -0.2) is 66.2 Å². The summed E-state index contributed by atoms with van der Waals surface area (Å²) in [5.41, 5.74) is 6.97. The summed E-state index contributed by atoms with van der Waals surface area (Å²) in [6, 6.07) is 7.89. The Bertz CT molecular complexity index is 625. The lowest BCUT2D eigenvalue weighted by molar-refractivity contribution is 0.0927. The number of ether oxygens (including phenoxy) is 1. The topological polar surface area (TPSA) is 67.5 Å². The quantitative estimate of drug-likeness (QED) is 0.888. The van der Waals surface area contributed by atoms with E-state index in [9.17, 15) is 0 Å². The Labute approximate surface area is 130 Å². The van der Waals surface area contributed by atoms with Crippen molar-refractivity contribution in [1.82, 2.24) is 19.8 Å². The maximum Gasteiger partial charge on any atom is 0.145 e. The average molecular weight is 301 g/mol. The minimum absolute atomic E-state index is 0.569. The highest BCUT2D eigenvalue weighted by atomic mass is 16.5. The van der Waals surface area contributed by atoms with Crippen molar-refractivity contribution in [2.75, 3.05) is 52.2 Å². The Morgan fingerprint density at radius 1 is 1.09 bits per heavy atom. The number of para-hydroxylation sites is 1. The van der Waals surface area contributed by atoms with Gasteiger partial charge < -0.3 is 10.5 Å². The number of rotatable bonds is 5. The number of fused-ring (bicyclic) bond motifs is 1. The van der Waals surface area contributed by atoms with E-state index in [1.807, 2.05) is 24.3 Å². The molecule has 0 amide bonds. The average Bonchev–Trinajstić information content (AvgIpc) is 2.54. The lowest BCUT2D eigenvalue weighted by Crippen LogP contribution is -2.46. The van der Waals surface area contributed by atoms with E-state index in [2.05, 4.69) is 19.8 Å². The van der Waals surface area contributed by atoms with E-state index in [0.717, 1.165) is 62.6 Å². The molecule has 1 fully saturated rings. The molecule has 118 valence electrons. The molecule has 1 aliphatic heterocycles. The van der Waals surface area contributed by atoms with Gasteiger partial charge >= 0.3 is 0 Å². The van der Waals surface area contributed by atoms with Gasteiger partial charge in [0, 0.05) is 45.2 Å². The first-order chi connectivity index (χ1) is 10.8. The molecule has 0 saturated carbocycles. The largest absolute Gasteiger partial charge is 0.383 e. The van der Waals surface area contributed by atoms with Crippen molar-refractivity contribution in [3.63, 3.8) is 0 Å². The molecule has 1 saturated heterocycles. The molecule has 0 atom stereocenters. The number of hydrogen-bond acceptors (Lipinski definition) is 6. The van der Waals surface area contributed by atoms with Gasteiger partial charge in [0.25, 0.3) is 0 Å². The van der Waals surface area contributed by atoms with Crippen LogP contribution < -0.4 is 5.73 Å². The lowest BCUT2D eigenvalue weighted by atomic mass is 10.2. The van der Waals surface area contributed by atoms with Crippen LogP contribution in [0, 0.1) is 0 Å². The van der Waals surface area contributed by atoms with Crippen molar-refractivity contribution >= 4 is 16.7 Å². The zero-order valence-electron chi connectivity index (χ0n) is 13.0. The first-order valence-corrected chi connectivity index (χ1v) is 7.71. The van der Waals surface area contributed by atoms with Gasteiger partial charge in [-0.3, -0.25) is 9.80 Å². The molecule has 0 bridgehead atoms. The summed E-state index contributed by atoms with van der Waals surface area (Å²) in [6.45, 7) is 6.74. The van der Waals surface area contributed by atoms with Crippen LogP contribution in [0.3, 0.4) is 0 Å². The third-order valence-electron chi connectivity index (χ3n) is 4.12. The van der Waals surface area contributed by atoms with Gasteiger partial charge in [-0.15, -0.1) is 0 Å². The second kappa shape index (κ2) is 7.00. The summed E-state index contributed by atoms with van der Waals surface area (Å²) in [5, 5.41) is 0.927. The van der Waals surface area contributed by atoms with Crippen molar-refractivity contribution in [3.05, 3.63) is 30.1 Å². The van der Waals surface area contributed by atoms with Gasteiger partial charge in [0.2, 0.25) is 0 Å². The summed E-state index contributed by atoms with van der Waals surface area (Å²) in [4.78, 5) is 13.9. The molecule has 1 aromatic heterocycles. The molecular formula is C16H23N5O. The van der Waals surface area contributed by atoms with Crippen LogP contribution in [0.25, 0.3) is 10.9 Å². The monoisotopic (exact) mass is 301 g/mol. The van der Waals surface area contributed by atoms with Crippen molar-refractivity contribution < 1.29 is 4.74 Å². The maximum atomic E-state index is 6.05. The molecule has 3 rings (SSSR count). The van der Waals surface area contributed by atoms with Gasteiger partial charge in [-0.05, 0) is 12.1 Å². The molecule has 1 aliphatic rings. The Hall–Kier alpha value is -1.76. The highest BCUT2D eigenvalue weighted by Crippen LogP contribution is 2.18. The normalized spacial score (nSPS) is 17.1. The molecular weight excluding hydrogens is 278 g/mol. The van der Waals surface area contributed by atoms with Gasteiger partial charge in [0.05, 0.1) is 18.7 Å². The van der Waals surface area contributed by atoms with E-state index < -0.39 is 0 Å². The summed E-state index contributed by atoms with van der Waals surface area (Å²) in [6.07, 6.45) is 0. The number of hydrogen-bond donors (Lipinski definition) is 1. The number of aromatic nitrogens is 2. The smallest absolute Gasteiger partial charge is 0.145 e. The van der Waals surface area contributed by atoms with Crippen LogP contribution in [0.1, 0.15) is 5.82 Å². The number of methoxy groups -OCH3 is 1. The molecule has 1 aromatic carbocycles. The molecule has 0 unspecified atom stereocenters. The molecule has 2 heterocycles. The van der Waals surface area contributed by atoms with Crippen molar-refractivity contribution in [1.29, 1.82) is 0 Å². The standard InChI is InChI=1S/C16H23N5O/c1-22-11-10-20-6-8-21(9-7-20)12-15-18-14-5-3-2-4-13(14)16(17)19-15/h2-5H,6-12H2,1H3,(H2,17,18,19). The van der Waals surface area contributed by atoms with E-state index in [1.165, 1.54) is 0 Å². The summed E-state index contributed by atoms with van der Waals surface area (Å²) in [5.74, 6) is 1.38. The highest BCUT2D eigenvalue weighted by Gasteiger charge is 2.18. The third-order valence-corrected chi connectivity index (χ3v) is 4.12. The first-order valence-electron chi connectivity index (χ1n) is 7.71. The fourth-order valence-electron chi connectivity index (χ4n) is 2.81. The molecule has 2 aromatic rings. The molecule has 2 N–H and O–H groups in total. The predicted octanol–water partition coefficient (Wildman–Crippen LogP) is 0.976. The summed E-state index contributed by atoms with van der Waals surface area (Å²) >= 11 is 0. The fraction of sp³-hybridized carbons (Fsp3) is 0.500. The number of nitrogen functional groups attached to an aromatic ring is 1. The van der Waals surface area contributed by atoms with Crippen LogP contribution in [-0.2, 0) is 11.3 Å². The fourth-order valence-corrected chi connectivity index (χ4v) is 2.81.